The van der Waals surface area contributed by atoms with Gasteiger partial charge in [0.2, 0.25) is 0 Å². The van der Waals surface area contributed by atoms with Crippen LogP contribution in [0, 0.1) is 0 Å². The summed E-state index contributed by atoms with van der Waals surface area (Å²) < 4.78 is 15.1. The second-order valence-electron chi connectivity index (χ2n) is 4.93. The second kappa shape index (κ2) is 10.1. The number of benzene rings is 1. The van der Waals surface area contributed by atoms with Crippen LogP contribution in [-0.2, 0) is 14.3 Å². The maximum atomic E-state index is 11.6. The fourth-order valence-corrected chi connectivity index (χ4v) is 1.59. The fourth-order valence-electron chi connectivity index (χ4n) is 1.59. The molecule has 1 aromatic carbocycles. The molecule has 0 heterocycles. The Morgan fingerprint density at radius 2 is 1.79 bits per heavy atom. The van der Waals surface area contributed by atoms with Crippen molar-refractivity contribution in [2.24, 2.45) is 0 Å². The monoisotopic (exact) mass is 338 g/mol. The number of imide groups is 1. The van der Waals surface area contributed by atoms with Crippen LogP contribution in [-0.4, -0.2) is 44.3 Å². The van der Waals surface area contributed by atoms with E-state index in [1.165, 1.54) is 7.11 Å². The molecule has 1 atom stereocenters. The maximum Gasteiger partial charge on any atom is 0.344 e. The topological polar surface area (TPSA) is 103 Å². The lowest BCUT2D eigenvalue weighted by molar-refractivity contribution is -0.150. The molecule has 0 aliphatic rings. The molecule has 0 fully saturated rings. The summed E-state index contributed by atoms with van der Waals surface area (Å²) in [6, 6.07) is 6.12. The Kier molecular flexibility index (Phi) is 8.10. The summed E-state index contributed by atoms with van der Waals surface area (Å²) in [5, 5.41) is 4.62. The van der Waals surface area contributed by atoms with Gasteiger partial charge in [-0.1, -0.05) is 19.1 Å². The number of urea groups is 1. The van der Waals surface area contributed by atoms with Gasteiger partial charge in [-0.05, 0) is 25.5 Å². The fraction of sp³-hybridized carbons (Fsp3) is 0.438. The van der Waals surface area contributed by atoms with Crippen LogP contribution in [0.1, 0.15) is 20.3 Å². The molecule has 0 spiro atoms. The Hall–Kier alpha value is -2.77. The molecular formula is C16H22N2O6. The van der Waals surface area contributed by atoms with Gasteiger partial charge in [-0.3, -0.25) is 10.1 Å². The molecule has 0 saturated heterocycles. The Morgan fingerprint density at radius 3 is 2.42 bits per heavy atom. The van der Waals surface area contributed by atoms with E-state index in [0.29, 0.717) is 11.5 Å². The molecule has 1 rings (SSSR count). The first-order valence-corrected chi connectivity index (χ1v) is 7.48. The number of carbonyl (C=O) groups excluding carboxylic acids is 3. The third-order valence-corrected chi connectivity index (χ3v) is 3.02. The van der Waals surface area contributed by atoms with Crippen LogP contribution in [0.5, 0.6) is 11.5 Å². The SMILES string of the molecule is CC[C@@H](C)NC(=O)NC(=O)COC(=O)COc1ccccc1OC. The van der Waals surface area contributed by atoms with Crippen molar-refractivity contribution in [3.63, 3.8) is 0 Å². The molecule has 0 unspecified atom stereocenters. The van der Waals surface area contributed by atoms with Crippen LogP contribution in [0.2, 0.25) is 0 Å². The average molecular weight is 338 g/mol. The summed E-state index contributed by atoms with van der Waals surface area (Å²) in [5.41, 5.74) is 0. The van der Waals surface area contributed by atoms with Gasteiger partial charge in [-0.15, -0.1) is 0 Å². The van der Waals surface area contributed by atoms with Gasteiger partial charge in [0.15, 0.2) is 24.7 Å². The molecule has 0 saturated carbocycles. The first-order chi connectivity index (χ1) is 11.5. The Bertz CT molecular complexity index is 575. The van der Waals surface area contributed by atoms with E-state index in [-0.39, 0.29) is 12.6 Å². The quantitative estimate of drug-likeness (QED) is 0.691. The van der Waals surface area contributed by atoms with Crippen LogP contribution < -0.4 is 20.1 Å². The van der Waals surface area contributed by atoms with Gasteiger partial charge in [-0.25, -0.2) is 9.59 Å². The van der Waals surface area contributed by atoms with E-state index in [9.17, 15) is 14.4 Å². The molecule has 2 N–H and O–H groups in total. The van der Waals surface area contributed by atoms with Crippen molar-refractivity contribution in [1.29, 1.82) is 0 Å². The Balaban J connectivity index is 2.30. The highest BCUT2D eigenvalue weighted by molar-refractivity contribution is 5.95. The van der Waals surface area contributed by atoms with Crippen molar-refractivity contribution in [2.75, 3.05) is 20.3 Å². The standard InChI is InChI=1S/C16H22N2O6/c1-4-11(2)17-16(21)18-14(19)9-24-15(20)10-23-13-8-6-5-7-12(13)22-3/h5-8,11H,4,9-10H2,1-3H3,(H2,17,18,19,21)/t11-/m1/s1. The molecule has 132 valence electrons. The van der Waals surface area contributed by atoms with E-state index in [4.69, 9.17) is 14.2 Å². The molecule has 0 aromatic heterocycles. The molecule has 1 aromatic rings. The predicted octanol–water partition coefficient (Wildman–Crippen LogP) is 1.24. The van der Waals surface area contributed by atoms with E-state index in [1.807, 2.05) is 6.92 Å². The first kappa shape index (κ1) is 19.3. The van der Waals surface area contributed by atoms with E-state index in [1.54, 1.807) is 31.2 Å². The molecule has 0 aliphatic heterocycles. The predicted molar refractivity (Wildman–Crippen MR) is 85.9 cm³/mol. The van der Waals surface area contributed by atoms with E-state index in [2.05, 4.69) is 10.6 Å². The van der Waals surface area contributed by atoms with Crippen molar-refractivity contribution in [2.45, 2.75) is 26.3 Å². The third kappa shape index (κ3) is 6.99. The van der Waals surface area contributed by atoms with Crippen molar-refractivity contribution >= 4 is 17.9 Å². The number of para-hydroxylation sites is 2. The van der Waals surface area contributed by atoms with Crippen LogP contribution in [0.25, 0.3) is 0 Å². The Morgan fingerprint density at radius 1 is 1.12 bits per heavy atom. The molecule has 3 amide bonds. The summed E-state index contributed by atoms with van der Waals surface area (Å²) >= 11 is 0. The number of hydrogen-bond donors (Lipinski definition) is 2. The number of amides is 3. The lowest BCUT2D eigenvalue weighted by Crippen LogP contribution is -2.44. The van der Waals surface area contributed by atoms with Gasteiger partial charge >= 0.3 is 12.0 Å². The van der Waals surface area contributed by atoms with Gasteiger partial charge in [0.1, 0.15) is 0 Å². The maximum absolute atomic E-state index is 11.6. The molecule has 24 heavy (non-hydrogen) atoms. The minimum absolute atomic E-state index is 0.0606. The van der Waals surface area contributed by atoms with Gasteiger partial charge in [0.05, 0.1) is 7.11 Å². The van der Waals surface area contributed by atoms with Gasteiger partial charge < -0.3 is 19.5 Å². The highest BCUT2D eigenvalue weighted by Gasteiger charge is 2.13. The van der Waals surface area contributed by atoms with Crippen molar-refractivity contribution < 1.29 is 28.6 Å². The summed E-state index contributed by atoms with van der Waals surface area (Å²) in [7, 11) is 1.48. The largest absolute Gasteiger partial charge is 0.493 e. The Labute approximate surface area is 140 Å². The van der Waals surface area contributed by atoms with Crippen LogP contribution >= 0.6 is 0 Å². The molecule has 8 nitrogen and oxygen atoms in total. The van der Waals surface area contributed by atoms with E-state index >= 15 is 0 Å². The number of methoxy groups -OCH3 is 1. The lowest BCUT2D eigenvalue weighted by Gasteiger charge is -2.12. The van der Waals surface area contributed by atoms with E-state index in [0.717, 1.165) is 6.42 Å². The zero-order chi connectivity index (χ0) is 17.9. The van der Waals surface area contributed by atoms with Crippen molar-refractivity contribution in [1.82, 2.24) is 10.6 Å². The number of hydrogen-bond acceptors (Lipinski definition) is 6. The van der Waals surface area contributed by atoms with Crippen molar-refractivity contribution in [3.8, 4) is 11.5 Å². The summed E-state index contributed by atoms with van der Waals surface area (Å²) in [4.78, 5) is 34.5. The normalized spacial score (nSPS) is 11.1. The average Bonchev–Trinajstić information content (AvgIpc) is 2.57. The zero-order valence-corrected chi connectivity index (χ0v) is 14.0. The minimum atomic E-state index is -0.738. The zero-order valence-electron chi connectivity index (χ0n) is 14.0. The summed E-state index contributed by atoms with van der Waals surface area (Å²) in [5.74, 6) is -0.598. The first-order valence-electron chi connectivity index (χ1n) is 7.48. The van der Waals surface area contributed by atoms with Gasteiger partial charge in [0.25, 0.3) is 5.91 Å². The number of ether oxygens (including phenoxy) is 3. The smallest absolute Gasteiger partial charge is 0.344 e. The number of esters is 1. The van der Waals surface area contributed by atoms with Crippen molar-refractivity contribution in [3.05, 3.63) is 24.3 Å². The molecular weight excluding hydrogens is 316 g/mol. The number of carbonyl (C=O) groups is 3. The van der Waals surface area contributed by atoms with Gasteiger partial charge in [0, 0.05) is 6.04 Å². The lowest BCUT2D eigenvalue weighted by atomic mass is 10.3. The second-order valence-corrected chi connectivity index (χ2v) is 4.93. The molecule has 0 aliphatic carbocycles. The van der Waals surface area contributed by atoms with E-state index < -0.39 is 24.5 Å². The number of rotatable bonds is 8. The third-order valence-electron chi connectivity index (χ3n) is 3.02. The van der Waals surface area contributed by atoms with Crippen LogP contribution in [0.3, 0.4) is 0 Å². The molecule has 0 bridgehead atoms. The highest BCUT2D eigenvalue weighted by atomic mass is 16.6. The molecule has 0 radical (unpaired) electrons. The number of nitrogens with one attached hydrogen (secondary N) is 2. The van der Waals surface area contributed by atoms with Gasteiger partial charge in [-0.2, -0.15) is 0 Å². The summed E-state index contributed by atoms with van der Waals surface area (Å²) in [6.45, 7) is 2.75. The summed E-state index contributed by atoms with van der Waals surface area (Å²) in [6.07, 6.45) is 0.733. The van der Waals surface area contributed by atoms with Crippen LogP contribution in [0.4, 0.5) is 4.79 Å². The van der Waals surface area contributed by atoms with Crippen LogP contribution in [0.15, 0.2) is 24.3 Å². The molecule has 8 heteroatoms. The highest BCUT2D eigenvalue weighted by Crippen LogP contribution is 2.25. The minimum Gasteiger partial charge on any atom is -0.493 e.